The molecule has 0 aromatic carbocycles. The van der Waals surface area contributed by atoms with Crippen LogP contribution >= 0.6 is 0 Å². The van der Waals surface area contributed by atoms with Gasteiger partial charge in [-0.3, -0.25) is 5.01 Å². The van der Waals surface area contributed by atoms with Crippen molar-refractivity contribution in [1.82, 2.24) is 30.6 Å². The van der Waals surface area contributed by atoms with Gasteiger partial charge in [0.15, 0.2) is 10.9 Å². The molecule has 0 radical (unpaired) electrons. The average Bonchev–Trinajstić information content (AvgIpc) is 3.03. The summed E-state index contributed by atoms with van der Waals surface area (Å²) in [4.78, 5) is 17.2. The standard InChI is InChI=1S/C16H26N8O4S/c1-15(2,3)24(14(25)28-16(4,5)6)23(10-11-19-21-22-20-11)12-8-7-9-13(18-12)29(17,26)27/h7-9H,10H2,1-6H3,(H2,17,26,27)(H,19,20,21,22). The number of H-pyrrole nitrogens is 1. The van der Waals surface area contributed by atoms with Gasteiger partial charge >= 0.3 is 6.09 Å². The lowest BCUT2D eigenvalue weighted by atomic mass is 10.1. The molecule has 0 aliphatic carbocycles. The van der Waals surface area contributed by atoms with Crippen LogP contribution in [0.5, 0.6) is 0 Å². The predicted octanol–water partition coefficient (Wildman–Crippen LogP) is 1.20. The molecule has 2 heterocycles. The van der Waals surface area contributed by atoms with Gasteiger partial charge in [-0.05, 0) is 53.7 Å². The maximum atomic E-state index is 13.1. The second kappa shape index (κ2) is 7.91. The predicted molar refractivity (Wildman–Crippen MR) is 104 cm³/mol. The molecule has 0 atom stereocenters. The Morgan fingerprint density at radius 1 is 1.21 bits per heavy atom. The number of carbonyl (C=O) groups excluding carboxylic acids is 1. The van der Waals surface area contributed by atoms with E-state index >= 15 is 0 Å². The van der Waals surface area contributed by atoms with Crippen LogP contribution in [-0.2, 0) is 21.3 Å². The number of anilines is 1. The first kappa shape index (κ1) is 22.5. The van der Waals surface area contributed by atoms with Crippen molar-refractivity contribution in [2.45, 2.75) is 64.3 Å². The van der Waals surface area contributed by atoms with Crippen molar-refractivity contribution >= 4 is 21.9 Å². The summed E-state index contributed by atoms with van der Waals surface area (Å²) in [5.41, 5.74) is -1.53. The van der Waals surface area contributed by atoms with E-state index in [2.05, 4.69) is 25.6 Å². The smallest absolute Gasteiger partial charge is 0.429 e. The van der Waals surface area contributed by atoms with Crippen LogP contribution in [0.3, 0.4) is 0 Å². The van der Waals surface area contributed by atoms with Gasteiger partial charge in [0.05, 0.1) is 5.54 Å². The van der Waals surface area contributed by atoms with Crippen molar-refractivity contribution < 1.29 is 17.9 Å². The molecule has 12 nitrogen and oxygen atoms in total. The summed E-state index contributed by atoms with van der Waals surface area (Å²) in [6, 6.07) is 4.28. The molecule has 3 N–H and O–H groups in total. The minimum atomic E-state index is -4.05. The fourth-order valence-corrected chi connectivity index (χ4v) is 2.87. The molecule has 160 valence electrons. The van der Waals surface area contributed by atoms with Gasteiger partial charge in [-0.2, -0.15) is 5.21 Å². The number of hydrazine groups is 1. The van der Waals surface area contributed by atoms with E-state index in [9.17, 15) is 13.2 Å². The first-order valence-corrected chi connectivity index (χ1v) is 10.3. The van der Waals surface area contributed by atoms with Crippen molar-refractivity contribution in [3.63, 3.8) is 0 Å². The van der Waals surface area contributed by atoms with Crippen LogP contribution in [0.15, 0.2) is 23.2 Å². The quantitative estimate of drug-likeness (QED) is 0.669. The number of hydrogen-bond donors (Lipinski definition) is 2. The lowest BCUT2D eigenvalue weighted by molar-refractivity contribution is 0.00126. The van der Waals surface area contributed by atoms with Gasteiger partial charge < -0.3 is 4.74 Å². The topological polar surface area (TPSA) is 160 Å². The van der Waals surface area contributed by atoms with E-state index in [0.717, 1.165) is 0 Å². The van der Waals surface area contributed by atoms with Crippen LogP contribution in [0.4, 0.5) is 10.6 Å². The second-order valence-corrected chi connectivity index (χ2v) is 9.74. The highest BCUT2D eigenvalue weighted by Gasteiger charge is 2.37. The lowest BCUT2D eigenvalue weighted by Gasteiger charge is -2.43. The number of ether oxygens (including phenoxy) is 1. The monoisotopic (exact) mass is 426 g/mol. The summed E-state index contributed by atoms with van der Waals surface area (Å²) < 4.78 is 29.1. The molecule has 0 saturated carbocycles. The molecule has 0 aliphatic rings. The number of sulfonamides is 1. The fourth-order valence-electron chi connectivity index (χ4n) is 2.38. The van der Waals surface area contributed by atoms with E-state index < -0.39 is 27.3 Å². The number of rotatable bonds is 5. The summed E-state index contributed by atoms with van der Waals surface area (Å²) in [7, 11) is -4.05. The zero-order valence-electron chi connectivity index (χ0n) is 17.2. The van der Waals surface area contributed by atoms with E-state index in [1.54, 1.807) is 41.5 Å². The summed E-state index contributed by atoms with van der Waals surface area (Å²) in [5, 5.41) is 21.3. The third kappa shape index (κ3) is 6.09. The largest absolute Gasteiger partial charge is 0.442 e. The minimum absolute atomic E-state index is 0.0336. The highest BCUT2D eigenvalue weighted by atomic mass is 32.2. The third-order valence-corrected chi connectivity index (χ3v) is 4.20. The van der Waals surface area contributed by atoms with E-state index in [-0.39, 0.29) is 23.2 Å². The summed E-state index contributed by atoms with van der Waals surface area (Å²) in [6.07, 6.45) is -0.656. The Bertz CT molecular complexity index is 948. The van der Waals surface area contributed by atoms with Gasteiger partial charge in [0.1, 0.15) is 18.0 Å². The Morgan fingerprint density at radius 3 is 2.34 bits per heavy atom. The molecule has 0 fully saturated rings. The average molecular weight is 427 g/mol. The first-order valence-electron chi connectivity index (χ1n) is 8.71. The van der Waals surface area contributed by atoms with Gasteiger partial charge in [0, 0.05) is 0 Å². The SMILES string of the molecule is CC(C)(C)OC(=O)N(N(Cc1nn[nH]n1)c1cccc(S(N)(=O)=O)n1)C(C)(C)C. The number of amides is 1. The Labute approximate surface area is 169 Å². The summed E-state index contributed by atoms with van der Waals surface area (Å²) in [5.74, 6) is 0.396. The number of primary sulfonamides is 1. The molecule has 0 bridgehead atoms. The fraction of sp³-hybridized carbons (Fsp3) is 0.562. The van der Waals surface area contributed by atoms with Gasteiger partial charge in [0.25, 0.3) is 10.0 Å². The number of nitrogens with zero attached hydrogens (tertiary/aromatic N) is 6. The van der Waals surface area contributed by atoms with Crippen LogP contribution in [0.2, 0.25) is 0 Å². The molecule has 29 heavy (non-hydrogen) atoms. The number of carbonyl (C=O) groups is 1. The Hall–Kier alpha value is -2.80. The van der Waals surface area contributed by atoms with E-state index in [0.29, 0.717) is 0 Å². The minimum Gasteiger partial charge on any atom is -0.442 e. The molecule has 2 aromatic heterocycles. The number of pyridine rings is 1. The zero-order chi connectivity index (χ0) is 22.0. The molecular formula is C16H26N8O4S. The van der Waals surface area contributed by atoms with Crippen molar-refractivity contribution in [3.8, 4) is 0 Å². The molecule has 1 amide bonds. The molecule has 2 aromatic rings. The van der Waals surface area contributed by atoms with E-state index in [1.165, 1.54) is 28.2 Å². The Morgan fingerprint density at radius 2 is 1.86 bits per heavy atom. The maximum absolute atomic E-state index is 13.1. The van der Waals surface area contributed by atoms with Crippen LogP contribution < -0.4 is 10.1 Å². The van der Waals surface area contributed by atoms with E-state index in [4.69, 9.17) is 9.88 Å². The Kier molecular flexibility index (Phi) is 6.13. The Balaban J connectivity index is 2.59. The summed E-state index contributed by atoms with van der Waals surface area (Å²) in [6.45, 7) is 10.6. The lowest BCUT2D eigenvalue weighted by Crippen LogP contribution is -2.57. The highest BCUT2D eigenvalue weighted by molar-refractivity contribution is 7.89. The normalized spacial score (nSPS) is 12.5. The highest BCUT2D eigenvalue weighted by Crippen LogP contribution is 2.26. The van der Waals surface area contributed by atoms with Crippen molar-refractivity contribution in [2.24, 2.45) is 5.14 Å². The number of nitrogens with one attached hydrogen (secondary N) is 1. The van der Waals surface area contributed by atoms with Crippen LogP contribution in [0, 0.1) is 0 Å². The molecule has 13 heteroatoms. The number of aromatic amines is 1. The van der Waals surface area contributed by atoms with Crippen molar-refractivity contribution in [1.29, 1.82) is 0 Å². The number of nitrogens with two attached hydrogens (primary N) is 1. The number of tetrazole rings is 1. The van der Waals surface area contributed by atoms with E-state index in [1.807, 2.05) is 0 Å². The van der Waals surface area contributed by atoms with Gasteiger partial charge in [-0.25, -0.2) is 28.3 Å². The molecule has 2 rings (SSSR count). The van der Waals surface area contributed by atoms with Gasteiger partial charge in [-0.1, -0.05) is 11.3 Å². The van der Waals surface area contributed by atoms with Crippen LogP contribution in [0.25, 0.3) is 0 Å². The zero-order valence-corrected chi connectivity index (χ0v) is 18.1. The van der Waals surface area contributed by atoms with Crippen LogP contribution in [0.1, 0.15) is 47.4 Å². The molecule has 0 aliphatic heterocycles. The number of aromatic nitrogens is 5. The molecule has 0 unspecified atom stereocenters. The molecule has 0 spiro atoms. The number of hydrogen-bond acceptors (Lipinski definition) is 9. The van der Waals surface area contributed by atoms with Crippen molar-refractivity contribution in [2.75, 3.05) is 5.01 Å². The first-order chi connectivity index (χ1) is 13.2. The van der Waals surface area contributed by atoms with Gasteiger partial charge in [-0.15, -0.1) is 10.2 Å². The maximum Gasteiger partial charge on any atom is 0.429 e. The van der Waals surface area contributed by atoms with Gasteiger partial charge in [0.2, 0.25) is 0 Å². The van der Waals surface area contributed by atoms with Crippen molar-refractivity contribution in [3.05, 3.63) is 24.0 Å². The van der Waals surface area contributed by atoms with Crippen LogP contribution in [-0.4, -0.2) is 56.3 Å². The second-order valence-electron chi connectivity index (χ2n) is 8.23. The third-order valence-electron chi connectivity index (χ3n) is 3.39. The molecular weight excluding hydrogens is 400 g/mol. The summed E-state index contributed by atoms with van der Waals surface area (Å²) >= 11 is 0. The molecule has 0 saturated heterocycles.